The topological polar surface area (TPSA) is 107 Å². The number of hydrogen-bond acceptors (Lipinski definition) is 7. The summed E-state index contributed by atoms with van der Waals surface area (Å²) in [7, 11) is 0. The van der Waals surface area contributed by atoms with Gasteiger partial charge in [-0.05, 0) is 35.9 Å². The van der Waals surface area contributed by atoms with Crippen LogP contribution in [0.15, 0.2) is 67.5 Å². The number of Topliss-reactive ketones (excluding diaryl/α,β-unsaturated/α-hetero) is 4. The molecule has 0 spiro atoms. The summed E-state index contributed by atoms with van der Waals surface area (Å²) in [6.07, 6.45) is 8.12. The summed E-state index contributed by atoms with van der Waals surface area (Å²) in [4.78, 5) is 60.6. The zero-order valence-electron chi connectivity index (χ0n) is 15.4. The Morgan fingerprint density at radius 2 is 1.21 bits per heavy atom. The van der Waals surface area contributed by atoms with Crippen molar-refractivity contribution in [1.29, 1.82) is 0 Å². The molecule has 3 heterocycles. The Balaban J connectivity index is 1.61. The summed E-state index contributed by atoms with van der Waals surface area (Å²) in [5, 5.41) is 0. The lowest BCUT2D eigenvalue weighted by Gasteiger charge is -2.05. The van der Waals surface area contributed by atoms with E-state index in [0.717, 1.165) is 0 Å². The maximum atomic E-state index is 12.4. The van der Waals surface area contributed by atoms with Crippen molar-refractivity contribution in [2.24, 2.45) is 0 Å². The molecule has 0 saturated carbocycles. The van der Waals surface area contributed by atoms with E-state index in [4.69, 9.17) is 0 Å². The van der Waals surface area contributed by atoms with Crippen LogP contribution in [0.4, 0.5) is 0 Å². The molecule has 0 aliphatic heterocycles. The number of hydrogen-bond donors (Lipinski definition) is 0. The molecule has 0 saturated heterocycles. The summed E-state index contributed by atoms with van der Waals surface area (Å²) >= 11 is 0. The zero-order chi connectivity index (χ0) is 20.6. The largest absolute Gasteiger partial charge is 0.299 e. The predicted octanol–water partition coefficient (Wildman–Crippen LogP) is 2.71. The SMILES string of the molecule is O=C(CC(=O)c1cccnc1)Cc1cncc(C(=O)CC(=O)c2cccnc2)c1. The van der Waals surface area contributed by atoms with Crippen LogP contribution < -0.4 is 0 Å². The average molecular weight is 387 g/mol. The first-order valence-corrected chi connectivity index (χ1v) is 8.88. The standard InChI is InChI=1S/C22H17N3O4/c26-19(9-20(27)16-3-1-5-23-12-16)8-15-7-18(14-25-11-15)22(29)10-21(28)17-4-2-6-24-13-17/h1-7,11-14H,8-10H2. The van der Waals surface area contributed by atoms with Gasteiger partial charge in [0.05, 0.1) is 12.8 Å². The van der Waals surface area contributed by atoms with Crippen molar-refractivity contribution in [2.75, 3.05) is 0 Å². The van der Waals surface area contributed by atoms with Crippen LogP contribution in [0.25, 0.3) is 0 Å². The molecule has 3 rings (SSSR count). The van der Waals surface area contributed by atoms with E-state index < -0.39 is 5.78 Å². The van der Waals surface area contributed by atoms with Gasteiger partial charge in [0.15, 0.2) is 17.3 Å². The third-order valence-corrected chi connectivity index (χ3v) is 4.16. The average Bonchev–Trinajstić information content (AvgIpc) is 2.75. The molecule has 29 heavy (non-hydrogen) atoms. The minimum Gasteiger partial charge on any atom is -0.299 e. The van der Waals surface area contributed by atoms with Crippen molar-refractivity contribution >= 4 is 23.1 Å². The van der Waals surface area contributed by atoms with Gasteiger partial charge in [-0.15, -0.1) is 0 Å². The molecule has 0 unspecified atom stereocenters. The van der Waals surface area contributed by atoms with E-state index in [1.165, 1.54) is 30.9 Å². The fourth-order valence-electron chi connectivity index (χ4n) is 2.71. The first-order valence-electron chi connectivity index (χ1n) is 8.88. The maximum Gasteiger partial charge on any atom is 0.172 e. The summed E-state index contributed by atoms with van der Waals surface area (Å²) < 4.78 is 0. The Labute approximate surface area is 166 Å². The monoisotopic (exact) mass is 387 g/mol. The molecule has 3 aromatic heterocycles. The van der Waals surface area contributed by atoms with E-state index in [2.05, 4.69) is 15.0 Å². The number of aromatic nitrogens is 3. The Hall–Kier alpha value is -3.87. The molecule has 0 fully saturated rings. The molecule has 7 nitrogen and oxygen atoms in total. The van der Waals surface area contributed by atoms with Crippen LogP contribution in [-0.4, -0.2) is 38.1 Å². The zero-order valence-corrected chi connectivity index (χ0v) is 15.4. The second-order valence-corrected chi connectivity index (χ2v) is 6.40. The van der Waals surface area contributed by atoms with E-state index in [9.17, 15) is 19.2 Å². The van der Waals surface area contributed by atoms with Gasteiger partial charge in [-0.3, -0.25) is 34.1 Å². The van der Waals surface area contributed by atoms with Crippen LogP contribution in [0.5, 0.6) is 0 Å². The molecule has 3 aromatic rings. The Morgan fingerprint density at radius 1 is 0.655 bits per heavy atom. The number of carbonyl (C=O) groups excluding carboxylic acids is 4. The number of pyridine rings is 3. The van der Waals surface area contributed by atoms with E-state index in [1.54, 1.807) is 36.7 Å². The molecule has 0 bridgehead atoms. The first-order chi connectivity index (χ1) is 14.0. The van der Waals surface area contributed by atoms with Crippen molar-refractivity contribution in [3.63, 3.8) is 0 Å². The van der Waals surface area contributed by atoms with Crippen LogP contribution >= 0.6 is 0 Å². The van der Waals surface area contributed by atoms with Gasteiger partial charge < -0.3 is 0 Å². The molecule has 0 aliphatic carbocycles. The predicted molar refractivity (Wildman–Crippen MR) is 104 cm³/mol. The fourth-order valence-corrected chi connectivity index (χ4v) is 2.71. The minimum atomic E-state index is -0.396. The molecule has 0 atom stereocenters. The summed E-state index contributed by atoms with van der Waals surface area (Å²) in [6, 6.07) is 7.97. The molecule has 7 heteroatoms. The third-order valence-electron chi connectivity index (χ3n) is 4.16. The highest BCUT2D eigenvalue weighted by atomic mass is 16.2. The van der Waals surface area contributed by atoms with Crippen molar-refractivity contribution in [3.8, 4) is 0 Å². The molecule has 0 radical (unpaired) electrons. The van der Waals surface area contributed by atoms with Gasteiger partial charge in [-0.1, -0.05) is 0 Å². The van der Waals surface area contributed by atoms with E-state index >= 15 is 0 Å². The smallest absolute Gasteiger partial charge is 0.172 e. The quantitative estimate of drug-likeness (QED) is 0.410. The highest BCUT2D eigenvalue weighted by Gasteiger charge is 2.16. The Kier molecular flexibility index (Phi) is 6.42. The molecule has 0 N–H and O–H groups in total. The summed E-state index contributed by atoms with van der Waals surface area (Å²) in [6.45, 7) is 0. The first kappa shape index (κ1) is 19.9. The highest BCUT2D eigenvalue weighted by molar-refractivity contribution is 6.13. The van der Waals surface area contributed by atoms with E-state index in [1.807, 2.05) is 0 Å². The van der Waals surface area contributed by atoms with Crippen molar-refractivity contribution in [1.82, 2.24) is 15.0 Å². The van der Waals surface area contributed by atoms with Gasteiger partial charge in [-0.2, -0.15) is 0 Å². The lowest BCUT2D eigenvalue weighted by atomic mass is 10.00. The Morgan fingerprint density at radius 3 is 1.79 bits per heavy atom. The second kappa shape index (κ2) is 9.36. The lowest BCUT2D eigenvalue weighted by molar-refractivity contribution is -0.117. The second-order valence-electron chi connectivity index (χ2n) is 6.40. The molecular formula is C22H17N3O4. The van der Waals surface area contributed by atoms with Crippen LogP contribution in [-0.2, 0) is 11.2 Å². The van der Waals surface area contributed by atoms with Gasteiger partial charge in [0.2, 0.25) is 0 Å². The van der Waals surface area contributed by atoms with Crippen LogP contribution in [0.1, 0.15) is 49.5 Å². The van der Waals surface area contributed by atoms with Gasteiger partial charge >= 0.3 is 0 Å². The van der Waals surface area contributed by atoms with E-state index in [-0.39, 0.29) is 42.2 Å². The third kappa shape index (κ3) is 5.55. The van der Waals surface area contributed by atoms with Crippen molar-refractivity contribution in [3.05, 3.63) is 89.8 Å². The Bertz CT molecular complexity index is 1050. The number of carbonyl (C=O) groups is 4. The highest BCUT2D eigenvalue weighted by Crippen LogP contribution is 2.11. The number of rotatable bonds is 9. The molecule has 0 aromatic carbocycles. The van der Waals surface area contributed by atoms with E-state index in [0.29, 0.717) is 16.7 Å². The molecule has 144 valence electrons. The minimum absolute atomic E-state index is 0.0311. The summed E-state index contributed by atoms with van der Waals surface area (Å²) in [5.74, 6) is -1.35. The normalized spacial score (nSPS) is 10.3. The van der Waals surface area contributed by atoms with Crippen molar-refractivity contribution in [2.45, 2.75) is 19.3 Å². The van der Waals surface area contributed by atoms with Crippen LogP contribution in [0.2, 0.25) is 0 Å². The molecule has 0 aliphatic rings. The van der Waals surface area contributed by atoms with Gasteiger partial charge in [0, 0.05) is 60.3 Å². The van der Waals surface area contributed by atoms with Gasteiger partial charge in [-0.25, -0.2) is 0 Å². The van der Waals surface area contributed by atoms with Crippen molar-refractivity contribution < 1.29 is 19.2 Å². The maximum absolute atomic E-state index is 12.4. The lowest BCUT2D eigenvalue weighted by Crippen LogP contribution is -2.12. The van der Waals surface area contributed by atoms with Crippen LogP contribution in [0.3, 0.4) is 0 Å². The number of ketones is 4. The van der Waals surface area contributed by atoms with Gasteiger partial charge in [0.25, 0.3) is 0 Å². The number of nitrogens with zero attached hydrogens (tertiary/aromatic N) is 3. The summed E-state index contributed by atoms with van der Waals surface area (Å²) in [5.41, 5.74) is 1.48. The molecule has 0 amide bonds. The molecular weight excluding hydrogens is 370 g/mol. The van der Waals surface area contributed by atoms with Crippen LogP contribution in [0, 0.1) is 0 Å². The fraction of sp³-hybridized carbons (Fsp3) is 0.136. The van der Waals surface area contributed by atoms with Gasteiger partial charge in [0.1, 0.15) is 5.78 Å².